The minimum absolute atomic E-state index is 0.419. The molecule has 148 valence electrons. The fourth-order valence-corrected chi connectivity index (χ4v) is 4.02. The lowest BCUT2D eigenvalue weighted by molar-refractivity contribution is 0.163. The second kappa shape index (κ2) is 12.4. The van der Waals surface area contributed by atoms with Crippen LogP contribution in [0.3, 0.4) is 0 Å². The van der Waals surface area contributed by atoms with Crippen molar-refractivity contribution in [1.82, 2.24) is 0 Å². The maximum absolute atomic E-state index is 12.1. The SMILES string of the molecule is CCCCCCC(O)c1ccc(N(CC/C=C\CSC)S(C)(=O)=O)cc1. The zero-order chi connectivity index (χ0) is 19.4. The van der Waals surface area contributed by atoms with Crippen molar-refractivity contribution in [3.8, 4) is 0 Å². The lowest BCUT2D eigenvalue weighted by Crippen LogP contribution is -2.30. The lowest BCUT2D eigenvalue weighted by atomic mass is 10.0. The fourth-order valence-electron chi connectivity index (χ4n) is 2.75. The van der Waals surface area contributed by atoms with Gasteiger partial charge in [0.2, 0.25) is 10.0 Å². The van der Waals surface area contributed by atoms with E-state index in [2.05, 4.69) is 13.0 Å². The Labute approximate surface area is 163 Å². The van der Waals surface area contributed by atoms with E-state index in [1.54, 1.807) is 23.9 Å². The van der Waals surface area contributed by atoms with Crippen LogP contribution in [0.2, 0.25) is 0 Å². The summed E-state index contributed by atoms with van der Waals surface area (Å²) in [4.78, 5) is 0. The van der Waals surface area contributed by atoms with E-state index in [0.717, 1.165) is 30.6 Å². The number of hydrogen-bond acceptors (Lipinski definition) is 4. The van der Waals surface area contributed by atoms with Crippen LogP contribution >= 0.6 is 11.8 Å². The molecule has 1 unspecified atom stereocenters. The van der Waals surface area contributed by atoms with Crippen LogP contribution in [0.4, 0.5) is 5.69 Å². The summed E-state index contributed by atoms with van der Waals surface area (Å²) in [6, 6.07) is 7.25. The molecule has 4 nitrogen and oxygen atoms in total. The van der Waals surface area contributed by atoms with Crippen molar-refractivity contribution in [2.75, 3.05) is 29.1 Å². The van der Waals surface area contributed by atoms with Crippen LogP contribution in [-0.4, -0.2) is 38.3 Å². The molecule has 0 aliphatic carbocycles. The third-order valence-corrected chi connectivity index (χ3v) is 5.95. The molecule has 6 heteroatoms. The predicted octanol–water partition coefficient (Wildman–Crippen LogP) is 4.77. The van der Waals surface area contributed by atoms with Crippen LogP contribution < -0.4 is 4.31 Å². The minimum atomic E-state index is -3.33. The van der Waals surface area contributed by atoms with E-state index >= 15 is 0 Å². The largest absolute Gasteiger partial charge is 0.388 e. The van der Waals surface area contributed by atoms with Gasteiger partial charge in [0.25, 0.3) is 0 Å². The average Bonchev–Trinajstić information content (AvgIpc) is 2.61. The summed E-state index contributed by atoms with van der Waals surface area (Å²) in [5.74, 6) is 0.934. The van der Waals surface area contributed by atoms with E-state index in [0.29, 0.717) is 18.7 Å². The van der Waals surface area contributed by atoms with Gasteiger partial charge in [-0.15, -0.1) is 0 Å². The van der Waals surface area contributed by atoms with E-state index < -0.39 is 16.1 Å². The normalized spacial score (nSPS) is 13.2. The summed E-state index contributed by atoms with van der Waals surface area (Å²) in [5, 5.41) is 10.3. The highest BCUT2D eigenvalue weighted by molar-refractivity contribution is 7.98. The molecule has 0 bridgehead atoms. The van der Waals surface area contributed by atoms with Crippen LogP contribution in [0.5, 0.6) is 0 Å². The van der Waals surface area contributed by atoms with Gasteiger partial charge in [-0.05, 0) is 36.8 Å². The molecular formula is C20H33NO3S2. The first-order valence-electron chi connectivity index (χ1n) is 9.29. The highest BCUT2D eigenvalue weighted by Crippen LogP contribution is 2.24. The molecule has 1 aromatic carbocycles. The van der Waals surface area contributed by atoms with Gasteiger partial charge in [-0.2, -0.15) is 11.8 Å². The molecule has 0 aliphatic rings. The zero-order valence-corrected chi connectivity index (χ0v) is 17.9. The van der Waals surface area contributed by atoms with Gasteiger partial charge >= 0.3 is 0 Å². The highest BCUT2D eigenvalue weighted by atomic mass is 32.2. The molecule has 1 N–H and O–H groups in total. The van der Waals surface area contributed by atoms with E-state index in [9.17, 15) is 13.5 Å². The van der Waals surface area contributed by atoms with Gasteiger partial charge in [0.05, 0.1) is 18.0 Å². The second-order valence-electron chi connectivity index (χ2n) is 6.51. The maximum atomic E-state index is 12.1. The number of rotatable bonds is 13. The average molecular weight is 400 g/mol. The van der Waals surface area contributed by atoms with Gasteiger partial charge < -0.3 is 5.11 Å². The van der Waals surface area contributed by atoms with Gasteiger partial charge in [-0.1, -0.05) is 56.9 Å². The smallest absolute Gasteiger partial charge is 0.232 e. The monoisotopic (exact) mass is 399 g/mol. The zero-order valence-electron chi connectivity index (χ0n) is 16.2. The summed E-state index contributed by atoms with van der Waals surface area (Å²) in [7, 11) is -3.33. The van der Waals surface area contributed by atoms with Gasteiger partial charge in [0.15, 0.2) is 0 Å². The number of aliphatic hydroxyl groups excluding tert-OH is 1. The van der Waals surface area contributed by atoms with E-state index in [1.807, 2.05) is 24.5 Å². The van der Waals surface area contributed by atoms with E-state index in [4.69, 9.17) is 0 Å². The lowest BCUT2D eigenvalue weighted by Gasteiger charge is -2.22. The predicted molar refractivity (Wildman–Crippen MR) is 114 cm³/mol. The first kappa shape index (κ1) is 23.1. The maximum Gasteiger partial charge on any atom is 0.232 e. The van der Waals surface area contributed by atoms with Crippen molar-refractivity contribution in [2.45, 2.75) is 51.6 Å². The second-order valence-corrected chi connectivity index (χ2v) is 9.32. The van der Waals surface area contributed by atoms with Gasteiger partial charge in [-0.3, -0.25) is 4.31 Å². The number of nitrogens with zero attached hydrogens (tertiary/aromatic N) is 1. The quantitative estimate of drug-likeness (QED) is 0.383. The Hall–Kier alpha value is -0.980. The molecule has 0 aliphatic heterocycles. The first-order chi connectivity index (χ1) is 12.4. The fraction of sp³-hybridized carbons (Fsp3) is 0.600. The highest BCUT2D eigenvalue weighted by Gasteiger charge is 2.17. The Kier molecular flexibility index (Phi) is 11.0. The molecule has 0 radical (unpaired) electrons. The van der Waals surface area contributed by atoms with Crippen molar-refractivity contribution >= 4 is 27.5 Å². The van der Waals surface area contributed by atoms with Crippen molar-refractivity contribution in [2.24, 2.45) is 0 Å². The molecule has 26 heavy (non-hydrogen) atoms. The summed E-state index contributed by atoms with van der Waals surface area (Å²) < 4.78 is 25.7. The molecule has 1 atom stereocenters. The summed E-state index contributed by atoms with van der Waals surface area (Å²) >= 11 is 1.73. The third-order valence-electron chi connectivity index (χ3n) is 4.23. The van der Waals surface area contributed by atoms with Crippen LogP contribution in [0.1, 0.15) is 57.1 Å². The van der Waals surface area contributed by atoms with Crippen molar-refractivity contribution in [3.05, 3.63) is 42.0 Å². The van der Waals surface area contributed by atoms with E-state index in [-0.39, 0.29) is 0 Å². The Bertz CT molecular complexity index is 627. The molecule has 0 fully saturated rings. The summed E-state index contributed by atoms with van der Waals surface area (Å²) in [5.41, 5.74) is 1.49. The van der Waals surface area contributed by atoms with Crippen molar-refractivity contribution in [3.63, 3.8) is 0 Å². The molecule has 1 aromatic rings. The third kappa shape index (κ3) is 8.60. The van der Waals surface area contributed by atoms with Gasteiger partial charge in [-0.25, -0.2) is 8.42 Å². The molecule has 0 amide bonds. The van der Waals surface area contributed by atoms with E-state index in [1.165, 1.54) is 23.4 Å². The minimum Gasteiger partial charge on any atom is -0.388 e. The van der Waals surface area contributed by atoms with Crippen LogP contribution in [-0.2, 0) is 10.0 Å². The number of sulfonamides is 1. The number of unbranched alkanes of at least 4 members (excludes halogenated alkanes) is 3. The first-order valence-corrected chi connectivity index (χ1v) is 12.5. The Morgan fingerprint density at radius 1 is 1.15 bits per heavy atom. The number of anilines is 1. The summed E-state index contributed by atoms with van der Waals surface area (Å²) in [6.45, 7) is 2.59. The van der Waals surface area contributed by atoms with Crippen molar-refractivity contribution in [1.29, 1.82) is 0 Å². The van der Waals surface area contributed by atoms with Crippen LogP contribution in [0, 0.1) is 0 Å². The molecule has 0 spiro atoms. The van der Waals surface area contributed by atoms with Crippen LogP contribution in [0.25, 0.3) is 0 Å². The van der Waals surface area contributed by atoms with Gasteiger partial charge in [0.1, 0.15) is 0 Å². The topological polar surface area (TPSA) is 57.6 Å². The summed E-state index contributed by atoms with van der Waals surface area (Å²) in [6.07, 6.45) is 12.8. The van der Waals surface area contributed by atoms with Crippen molar-refractivity contribution < 1.29 is 13.5 Å². The Morgan fingerprint density at radius 2 is 1.85 bits per heavy atom. The Balaban J connectivity index is 2.71. The molecule has 0 saturated carbocycles. The number of aliphatic hydroxyl groups is 1. The molecule has 0 heterocycles. The standard InChI is InChI=1S/C20H33NO3S2/c1-4-5-6-8-11-20(22)18-12-14-19(15-13-18)21(26(3,23)24)16-9-7-10-17-25-2/h7,10,12-15,20,22H,4-6,8-9,11,16-17H2,1-3H3/b10-7-. The van der Waals surface area contributed by atoms with Crippen LogP contribution in [0.15, 0.2) is 36.4 Å². The number of hydrogen-bond donors (Lipinski definition) is 1. The molecule has 0 aromatic heterocycles. The Morgan fingerprint density at radius 3 is 2.42 bits per heavy atom. The number of benzene rings is 1. The van der Waals surface area contributed by atoms with Gasteiger partial charge in [0, 0.05) is 12.3 Å². The number of thioether (sulfide) groups is 1. The molecule has 0 saturated heterocycles. The molecule has 1 rings (SSSR count). The molecular weight excluding hydrogens is 366 g/mol.